The second-order valence-electron chi connectivity index (χ2n) is 5.21. The molecular formula is C14H21ClN2O. The number of nitrogens with zero attached hydrogens (tertiary/aromatic N) is 2. The molecule has 0 amide bonds. The molecule has 1 saturated heterocycles. The molecule has 1 heterocycles. The van der Waals surface area contributed by atoms with E-state index < -0.39 is 0 Å². The fourth-order valence-corrected chi connectivity index (χ4v) is 2.81. The van der Waals surface area contributed by atoms with Crippen molar-refractivity contribution in [3.8, 4) is 5.75 Å². The fraction of sp³-hybridized carbons (Fsp3) is 0.571. The van der Waals surface area contributed by atoms with Crippen molar-refractivity contribution < 1.29 is 5.11 Å². The molecule has 1 aromatic carbocycles. The summed E-state index contributed by atoms with van der Waals surface area (Å²) in [4.78, 5) is 4.65. The summed E-state index contributed by atoms with van der Waals surface area (Å²) in [7, 11) is 4.26. The number of rotatable bonds is 3. The monoisotopic (exact) mass is 268 g/mol. The lowest BCUT2D eigenvalue weighted by Gasteiger charge is -2.36. The third-order valence-electron chi connectivity index (χ3n) is 3.72. The molecular weight excluding hydrogens is 248 g/mol. The summed E-state index contributed by atoms with van der Waals surface area (Å²) in [5, 5.41) is 10.5. The smallest absolute Gasteiger partial charge is 0.121 e. The van der Waals surface area contributed by atoms with Gasteiger partial charge in [0.2, 0.25) is 0 Å². The molecule has 1 aromatic rings. The number of benzene rings is 1. The summed E-state index contributed by atoms with van der Waals surface area (Å²) in [5.41, 5.74) is 0.829. The van der Waals surface area contributed by atoms with E-state index in [4.69, 9.17) is 11.6 Å². The molecule has 0 radical (unpaired) electrons. The molecule has 1 unspecified atom stereocenters. The summed E-state index contributed by atoms with van der Waals surface area (Å²) in [6.45, 7) is 2.97. The first kappa shape index (κ1) is 13.7. The zero-order valence-electron chi connectivity index (χ0n) is 11.1. The van der Waals surface area contributed by atoms with Gasteiger partial charge in [0.05, 0.1) is 0 Å². The van der Waals surface area contributed by atoms with Gasteiger partial charge < -0.3 is 10.0 Å². The molecule has 1 aliphatic rings. The zero-order chi connectivity index (χ0) is 13.1. The van der Waals surface area contributed by atoms with Crippen LogP contribution < -0.4 is 0 Å². The molecule has 0 aromatic heterocycles. The summed E-state index contributed by atoms with van der Waals surface area (Å²) in [5.74, 6) is 0.290. The Bertz CT molecular complexity index is 391. The van der Waals surface area contributed by atoms with E-state index in [2.05, 4.69) is 23.9 Å². The van der Waals surface area contributed by atoms with Crippen molar-refractivity contribution in [2.45, 2.75) is 25.4 Å². The van der Waals surface area contributed by atoms with Gasteiger partial charge in [0, 0.05) is 29.7 Å². The molecule has 4 heteroatoms. The molecule has 0 spiro atoms. The molecule has 1 fully saturated rings. The van der Waals surface area contributed by atoms with Gasteiger partial charge in [0.15, 0.2) is 0 Å². The molecule has 0 bridgehead atoms. The Hall–Kier alpha value is -0.770. The highest BCUT2D eigenvalue weighted by Gasteiger charge is 2.22. The van der Waals surface area contributed by atoms with Gasteiger partial charge >= 0.3 is 0 Å². The molecule has 0 saturated carbocycles. The Kier molecular flexibility index (Phi) is 4.49. The summed E-state index contributed by atoms with van der Waals surface area (Å²) >= 11 is 6.14. The van der Waals surface area contributed by atoms with Crippen LogP contribution in [0.4, 0.5) is 0 Å². The lowest BCUT2D eigenvalue weighted by Crippen LogP contribution is -2.44. The Morgan fingerprint density at radius 2 is 2.28 bits per heavy atom. The van der Waals surface area contributed by atoms with Crippen LogP contribution in [-0.2, 0) is 6.54 Å². The Morgan fingerprint density at radius 1 is 1.50 bits per heavy atom. The van der Waals surface area contributed by atoms with Crippen LogP contribution in [0.5, 0.6) is 5.75 Å². The maximum atomic E-state index is 9.87. The van der Waals surface area contributed by atoms with Gasteiger partial charge in [-0.3, -0.25) is 4.90 Å². The van der Waals surface area contributed by atoms with Crippen molar-refractivity contribution in [1.29, 1.82) is 0 Å². The predicted octanol–water partition coefficient (Wildman–Crippen LogP) is 2.57. The number of hydrogen-bond acceptors (Lipinski definition) is 3. The highest BCUT2D eigenvalue weighted by Crippen LogP contribution is 2.27. The van der Waals surface area contributed by atoms with E-state index in [0.717, 1.165) is 12.1 Å². The standard InChI is InChI=1S/C14H21ClN2O/c1-16-8-4-5-11(9-16)17(2)10-12-13(15)6-3-7-14(12)18/h3,6-7,11,18H,4-5,8-10H2,1-2H3. The molecule has 1 atom stereocenters. The first-order chi connectivity index (χ1) is 8.58. The largest absolute Gasteiger partial charge is 0.508 e. The maximum absolute atomic E-state index is 9.87. The minimum Gasteiger partial charge on any atom is -0.508 e. The number of halogens is 1. The van der Waals surface area contributed by atoms with Crippen LogP contribution in [0, 0.1) is 0 Å². The second kappa shape index (κ2) is 5.91. The molecule has 100 valence electrons. The van der Waals surface area contributed by atoms with Crippen molar-refractivity contribution in [3.63, 3.8) is 0 Å². The van der Waals surface area contributed by atoms with Crippen molar-refractivity contribution >= 4 is 11.6 Å². The van der Waals surface area contributed by atoms with Gasteiger partial charge in [-0.2, -0.15) is 0 Å². The first-order valence-electron chi connectivity index (χ1n) is 6.43. The minimum atomic E-state index is 0.290. The average Bonchev–Trinajstić information content (AvgIpc) is 2.34. The van der Waals surface area contributed by atoms with Crippen LogP contribution in [0.1, 0.15) is 18.4 Å². The van der Waals surface area contributed by atoms with Crippen LogP contribution in [0.15, 0.2) is 18.2 Å². The Balaban J connectivity index is 2.04. The highest BCUT2D eigenvalue weighted by molar-refractivity contribution is 6.31. The van der Waals surface area contributed by atoms with E-state index in [1.54, 1.807) is 12.1 Å². The quantitative estimate of drug-likeness (QED) is 0.913. The topological polar surface area (TPSA) is 26.7 Å². The van der Waals surface area contributed by atoms with Gasteiger partial charge in [-0.1, -0.05) is 17.7 Å². The number of likely N-dealkylation sites (tertiary alicyclic amines) is 1. The molecule has 1 aliphatic heterocycles. The number of hydrogen-bond donors (Lipinski definition) is 1. The maximum Gasteiger partial charge on any atom is 0.121 e. The minimum absolute atomic E-state index is 0.290. The lowest BCUT2D eigenvalue weighted by molar-refractivity contribution is 0.129. The molecule has 3 nitrogen and oxygen atoms in total. The second-order valence-corrected chi connectivity index (χ2v) is 5.62. The third kappa shape index (κ3) is 3.16. The molecule has 2 rings (SSSR count). The number of phenolic OH excluding ortho intramolecular Hbond substituents is 1. The van der Waals surface area contributed by atoms with Gasteiger partial charge in [-0.05, 0) is 45.6 Å². The van der Waals surface area contributed by atoms with E-state index in [-0.39, 0.29) is 0 Å². The lowest BCUT2D eigenvalue weighted by atomic mass is 10.0. The average molecular weight is 269 g/mol. The Labute approximate surface area is 114 Å². The molecule has 1 N–H and O–H groups in total. The molecule has 0 aliphatic carbocycles. The van der Waals surface area contributed by atoms with E-state index in [0.29, 0.717) is 23.4 Å². The number of likely N-dealkylation sites (N-methyl/N-ethyl adjacent to an activating group) is 2. The van der Waals surface area contributed by atoms with Crippen LogP contribution in [-0.4, -0.2) is 48.1 Å². The van der Waals surface area contributed by atoms with Gasteiger partial charge in [0.1, 0.15) is 5.75 Å². The molecule has 18 heavy (non-hydrogen) atoms. The highest BCUT2D eigenvalue weighted by atomic mass is 35.5. The Morgan fingerprint density at radius 3 is 2.94 bits per heavy atom. The van der Waals surface area contributed by atoms with Crippen molar-refractivity contribution in [3.05, 3.63) is 28.8 Å². The number of piperidine rings is 1. The summed E-state index contributed by atoms with van der Waals surface area (Å²) in [6.07, 6.45) is 2.45. The normalized spacial score (nSPS) is 21.4. The fourth-order valence-electron chi connectivity index (χ4n) is 2.58. The van der Waals surface area contributed by atoms with Gasteiger partial charge in [-0.15, -0.1) is 0 Å². The van der Waals surface area contributed by atoms with Crippen molar-refractivity contribution in [2.24, 2.45) is 0 Å². The van der Waals surface area contributed by atoms with Crippen LogP contribution in [0.2, 0.25) is 5.02 Å². The van der Waals surface area contributed by atoms with E-state index in [1.807, 2.05) is 6.07 Å². The van der Waals surface area contributed by atoms with Crippen LogP contribution in [0.3, 0.4) is 0 Å². The van der Waals surface area contributed by atoms with Gasteiger partial charge in [-0.25, -0.2) is 0 Å². The first-order valence-corrected chi connectivity index (χ1v) is 6.81. The van der Waals surface area contributed by atoms with E-state index >= 15 is 0 Å². The summed E-state index contributed by atoms with van der Waals surface area (Å²) < 4.78 is 0. The van der Waals surface area contributed by atoms with E-state index in [1.165, 1.54) is 19.4 Å². The number of phenols is 1. The number of aromatic hydroxyl groups is 1. The zero-order valence-corrected chi connectivity index (χ0v) is 11.8. The van der Waals surface area contributed by atoms with Crippen LogP contribution >= 0.6 is 11.6 Å². The summed E-state index contributed by atoms with van der Waals surface area (Å²) in [6, 6.07) is 5.84. The van der Waals surface area contributed by atoms with E-state index in [9.17, 15) is 5.11 Å². The van der Waals surface area contributed by atoms with Crippen molar-refractivity contribution in [1.82, 2.24) is 9.80 Å². The predicted molar refractivity (Wildman–Crippen MR) is 75.1 cm³/mol. The SMILES string of the molecule is CN1CCCC(N(C)Cc2c(O)cccc2Cl)C1. The van der Waals surface area contributed by atoms with Crippen LogP contribution in [0.25, 0.3) is 0 Å². The van der Waals surface area contributed by atoms with Gasteiger partial charge in [0.25, 0.3) is 0 Å². The van der Waals surface area contributed by atoms with Crippen molar-refractivity contribution in [2.75, 3.05) is 27.2 Å². The third-order valence-corrected chi connectivity index (χ3v) is 4.08.